The molecule has 4 N–H and O–H groups in total. The highest BCUT2D eigenvalue weighted by atomic mass is 19.1. The van der Waals surface area contributed by atoms with Gasteiger partial charge in [0.15, 0.2) is 0 Å². The van der Waals surface area contributed by atoms with Crippen LogP contribution < -0.4 is 16.0 Å². The van der Waals surface area contributed by atoms with Crippen molar-refractivity contribution in [2.75, 3.05) is 20.1 Å². The second-order valence-corrected chi connectivity index (χ2v) is 9.11. The number of fused-ring (bicyclic) bond motifs is 2. The van der Waals surface area contributed by atoms with Crippen LogP contribution in [0.15, 0.2) is 24.4 Å². The van der Waals surface area contributed by atoms with E-state index in [1.54, 1.807) is 20.0 Å². The maximum Gasteiger partial charge on any atom is 0.245 e. The molecule has 31 heavy (non-hydrogen) atoms. The minimum atomic E-state index is -0.569. The molecular formula is C23H32FN5O2. The summed E-state index contributed by atoms with van der Waals surface area (Å²) in [6, 6.07) is 4.08. The molecule has 2 saturated heterocycles. The summed E-state index contributed by atoms with van der Waals surface area (Å²) in [6.07, 6.45) is 2.83. The number of aromatic amines is 1. The molecule has 0 spiro atoms. The predicted octanol–water partition coefficient (Wildman–Crippen LogP) is 1.71. The zero-order valence-electron chi connectivity index (χ0n) is 18.5. The number of nitrogens with zero attached hydrogens (tertiary/aromatic N) is 1. The van der Waals surface area contributed by atoms with Crippen LogP contribution >= 0.6 is 0 Å². The van der Waals surface area contributed by atoms with Gasteiger partial charge in [-0.1, -0.05) is 13.8 Å². The van der Waals surface area contributed by atoms with Gasteiger partial charge in [0, 0.05) is 42.1 Å². The first-order chi connectivity index (χ1) is 14.8. The molecule has 7 nitrogen and oxygen atoms in total. The van der Waals surface area contributed by atoms with Crippen LogP contribution in [0.5, 0.6) is 0 Å². The first-order valence-electron chi connectivity index (χ1n) is 11.1. The zero-order valence-corrected chi connectivity index (χ0v) is 18.5. The fraction of sp³-hybridized carbons (Fsp3) is 0.565. The van der Waals surface area contributed by atoms with Crippen molar-refractivity contribution in [2.24, 2.45) is 5.92 Å². The molecule has 0 aliphatic carbocycles. The van der Waals surface area contributed by atoms with Crippen LogP contribution in [-0.2, 0) is 9.59 Å². The van der Waals surface area contributed by atoms with Crippen molar-refractivity contribution in [3.63, 3.8) is 0 Å². The molecule has 2 aliphatic rings. The molecule has 2 amide bonds. The molecule has 2 aliphatic heterocycles. The number of rotatable bonds is 6. The number of halogens is 1. The lowest BCUT2D eigenvalue weighted by Crippen LogP contribution is -2.56. The molecule has 1 aromatic carbocycles. The molecule has 0 unspecified atom stereocenters. The molecule has 0 saturated carbocycles. The number of carbonyl (C=O) groups is 2. The summed E-state index contributed by atoms with van der Waals surface area (Å²) in [5.41, 5.74) is 1.87. The van der Waals surface area contributed by atoms with E-state index in [0.717, 1.165) is 29.4 Å². The van der Waals surface area contributed by atoms with Gasteiger partial charge in [-0.05, 0) is 50.1 Å². The summed E-state index contributed by atoms with van der Waals surface area (Å²) in [5, 5.41) is 10.4. The first-order valence-corrected chi connectivity index (χ1v) is 11.1. The number of likely N-dealkylation sites (N-methyl/N-ethyl adjacent to an activating group) is 1. The SMILES string of the molecule is CN[C@@H](C)C(=O)N[C@H](C(=O)N1CC[C@H]2NC[C@H](c3c[nH]c4cc(F)ccc34)[C@H]21)C(C)C. The van der Waals surface area contributed by atoms with Gasteiger partial charge in [0.05, 0.1) is 12.1 Å². The van der Waals surface area contributed by atoms with E-state index >= 15 is 0 Å². The topological polar surface area (TPSA) is 89.3 Å². The maximum absolute atomic E-state index is 13.6. The summed E-state index contributed by atoms with van der Waals surface area (Å²) < 4.78 is 13.6. The van der Waals surface area contributed by atoms with Crippen LogP contribution in [0.25, 0.3) is 10.9 Å². The van der Waals surface area contributed by atoms with Gasteiger partial charge in [0.1, 0.15) is 11.9 Å². The van der Waals surface area contributed by atoms with Crippen LogP contribution in [-0.4, -0.2) is 66.0 Å². The van der Waals surface area contributed by atoms with Gasteiger partial charge in [-0.2, -0.15) is 0 Å². The smallest absolute Gasteiger partial charge is 0.245 e. The number of carbonyl (C=O) groups excluding carboxylic acids is 2. The number of aromatic nitrogens is 1. The van der Waals surface area contributed by atoms with Crippen molar-refractivity contribution in [1.29, 1.82) is 0 Å². The summed E-state index contributed by atoms with van der Waals surface area (Å²) in [7, 11) is 1.73. The molecule has 1 aromatic heterocycles. The Bertz CT molecular complexity index is 974. The normalized spacial score (nSPS) is 25.1. The van der Waals surface area contributed by atoms with Crippen LogP contribution in [0.2, 0.25) is 0 Å². The second-order valence-electron chi connectivity index (χ2n) is 9.11. The van der Waals surface area contributed by atoms with E-state index < -0.39 is 6.04 Å². The minimum absolute atomic E-state index is 0.0106. The van der Waals surface area contributed by atoms with E-state index in [-0.39, 0.29) is 47.6 Å². The highest BCUT2D eigenvalue weighted by Crippen LogP contribution is 2.39. The zero-order chi connectivity index (χ0) is 22.3. The molecule has 2 fully saturated rings. The fourth-order valence-corrected chi connectivity index (χ4v) is 5.01. The van der Waals surface area contributed by atoms with E-state index in [9.17, 15) is 14.0 Å². The van der Waals surface area contributed by atoms with Gasteiger partial charge >= 0.3 is 0 Å². The number of hydrogen-bond acceptors (Lipinski definition) is 4. The summed E-state index contributed by atoms with van der Waals surface area (Å²) in [4.78, 5) is 31.2. The van der Waals surface area contributed by atoms with E-state index in [1.807, 2.05) is 24.9 Å². The van der Waals surface area contributed by atoms with Gasteiger partial charge in [-0.25, -0.2) is 4.39 Å². The van der Waals surface area contributed by atoms with Crippen molar-refractivity contribution in [3.05, 3.63) is 35.8 Å². The largest absolute Gasteiger partial charge is 0.361 e. The number of likely N-dealkylation sites (tertiary alicyclic amines) is 1. The number of hydrogen-bond donors (Lipinski definition) is 4. The Morgan fingerprint density at radius 2 is 2.03 bits per heavy atom. The fourth-order valence-electron chi connectivity index (χ4n) is 5.01. The van der Waals surface area contributed by atoms with Crippen molar-refractivity contribution >= 4 is 22.7 Å². The van der Waals surface area contributed by atoms with Crippen molar-refractivity contribution in [1.82, 2.24) is 25.8 Å². The van der Waals surface area contributed by atoms with Crippen LogP contribution in [0.3, 0.4) is 0 Å². The van der Waals surface area contributed by atoms with Gasteiger partial charge < -0.3 is 25.8 Å². The third-order valence-corrected chi connectivity index (χ3v) is 6.88. The summed E-state index contributed by atoms with van der Waals surface area (Å²) >= 11 is 0. The molecule has 168 valence electrons. The molecule has 0 radical (unpaired) electrons. The van der Waals surface area contributed by atoms with Crippen molar-refractivity contribution < 1.29 is 14.0 Å². The van der Waals surface area contributed by atoms with Gasteiger partial charge in [-0.15, -0.1) is 0 Å². The standard InChI is InChI=1S/C23H32FN5O2/c1-12(2)20(28-22(30)13(3)25-4)23(31)29-8-7-18-21(29)17(11-26-18)16-10-27-19-9-14(24)5-6-15(16)19/h5-6,9-10,12-13,17-18,20-21,25-27H,7-8,11H2,1-4H3,(H,28,30)/t13-,17+,18+,20-,21+/m0/s1. The highest BCUT2D eigenvalue weighted by molar-refractivity contribution is 5.90. The molecule has 5 atom stereocenters. The highest BCUT2D eigenvalue weighted by Gasteiger charge is 2.48. The molecule has 3 heterocycles. The Morgan fingerprint density at radius 1 is 1.26 bits per heavy atom. The van der Waals surface area contributed by atoms with Gasteiger partial charge in [-0.3, -0.25) is 9.59 Å². The predicted molar refractivity (Wildman–Crippen MR) is 118 cm³/mol. The third kappa shape index (κ3) is 3.94. The number of H-pyrrole nitrogens is 1. The Morgan fingerprint density at radius 3 is 2.74 bits per heavy atom. The van der Waals surface area contributed by atoms with E-state index in [0.29, 0.717) is 6.54 Å². The molecule has 0 bridgehead atoms. The lowest BCUT2D eigenvalue weighted by atomic mass is 9.90. The third-order valence-electron chi connectivity index (χ3n) is 6.88. The van der Waals surface area contributed by atoms with Crippen molar-refractivity contribution in [3.8, 4) is 0 Å². The van der Waals surface area contributed by atoms with Crippen LogP contribution in [0.4, 0.5) is 4.39 Å². The number of nitrogens with one attached hydrogen (secondary N) is 4. The molecular weight excluding hydrogens is 397 g/mol. The monoisotopic (exact) mass is 429 g/mol. The van der Waals surface area contributed by atoms with E-state index in [2.05, 4.69) is 20.9 Å². The first kappa shape index (κ1) is 21.8. The van der Waals surface area contributed by atoms with Gasteiger partial charge in [0.25, 0.3) is 0 Å². The maximum atomic E-state index is 13.6. The van der Waals surface area contributed by atoms with Crippen LogP contribution in [0, 0.1) is 11.7 Å². The Labute approximate surface area is 182 Å². The van der Waals surface area contributed by atoms with E-state index in [1.165, 1.54) is 12.1 Å². The Kier molecular flexibility index (Phi) is 6.03. The summed E-state index contributed by atoms with van der Waals surface area (Å²) in [6.45, 7) is 7.12. The Hall–Kier alpha value is -2.45. The molecule has 8 heteroatoms. The quantitative estimate of drug-likeness (QED) is 0.563. The molecule has 4 rings (SSSR count). The minimum Gasteiger partial charge on any atom is -0.361 e. The summed E-state index contributed by atoms with van der Waals surface area (Å²) in [5.74, 6) is -0.394. The van der Waals surface area contributed by atoms with Gasteiger partial charge in [0.2, 0.25) is 11.8 Å². The lowest BCUT2D eigenvalue weighted by molar-refractivity contribution is -0.139. The lowest BCUT2D eigenvalue weighted by Gasteiger charge is -2.33. The number of benzene rings is 1. The van der Waals surface area contributed by atoms with Crippen LogP contribution in [0.1, 0.15) is 38.7 Å². The second kappa shape index (κ2) is 8.59. The van der Waals surface area contributed by atoms with E-state index in [4.69, 9.17) is 0 Å². The molecule has 2 aromatic rings. The number of amides is 2. The average molecular weight is 430 g/mol. The Balaban J connectivity index is 1.60. The average Bonchev–Trinajstić information content (AvgIpc) is 3.44. The van der Waals surface area contributed by atoms with Crippen molar-refractivity contribution in [2.45, 2.75) is 57.3 Å².